The van der Waals surface area contributed by atoms with Gasteiger partial charge in [0.15, 0.2) is 0 Å². The van der Waals surface area contributed by atoms with E-state index in [1.54, 1.807) is 0 Å². The van der Waals surface area contributed by atoms with E-state index >= 15 is 0 Å². The second kappa shape index (κ2) is 9.46. The van der Waals surface area contributed by atoms with Gasteiger partial charge in [0.05, 0.1) is 11.4 Å². The molecule has 0 aromatic carbocycles. The molecule has 0 atom stereocenters. The average molecular weight is 307 g/mol. The number of pyridine rings is 1. The third-order valence-corrected chi connectivity index (χ3v) is 3.43. The minimum atomic E-state index is 0.842. The lowest BCUT2D eigenvalue weighted by atomic mass is 10.1. The summed E-state index contributed by atoms with van der Waals surface area (Å²) >= 11 is 0. The van der Waals surface area contributed by atoms with E-state index in [2.05, 4.69) is 64.2 Å². The van der Waals surface area contributed by atoms with Crippen molar-refractivity contribution in [2.75, 3.05) is 11.9 Å². The maximum atomic E-state index is 4.57. The van der Waals surface area contributed by atoms with Gasteiger partial charge in [0, 0.05) is 18.4 Å². The van der Waals surface area contributed by atoms with Gasteiger partial charge in [0.2, 0.25) is 0 Å². The van der Waals surface area contributed by atoms with Gasteiger partial charge in [-0.1, -0.05) is 50.3 Å². The van der Waals surface area contributed by atoms with Gasteiger partial charge in [-0.05, 0) is 42.8 Å². The number of rotatable bonds is 3. The number of anilines is 1. The second-order valence-electron chi connectivity index (χ2n) is 4.95. The van der Waals surface area contributed by atoms with Crippen LogP contribution in [0.2, 0.25) is 0 Å². The van der Waals surface area contributed by atoms with Crippen molar-refractivity contribution in [2.24, 2.45) is 0 Å². The van der Waals surface area contributed by atoms with Crippen molar-refractivity contribution in [2.45, 2.75) is 26.7 Å². The van der Waals surface area contributed by atoms with Crippen LogP contribution in [0.1, 0.15) is 32.4 Å². The lowest BCUT2D eigenvalue weighted by Gasteiger charge is -2.13. The summed E-state index contributed by atoms with van der Waals surface area (Å²) in [5, 5.41) is 6.71. The summed E-state index contributed by atoms with van der Waals surface area (Å²) in [4.78, 5) is 4.57. The third-order valence-electron chi connectivity index (χ3n) is 3.43. The first kappa shape index (κ1) is 16.8. The summed E-state index contributed by atoms with van der Waals surface area (Å²) in [6.07, 6.45) is 20.6. The summed E-state index contributed by atoms with van der Waals surface area (Å²) in [5.74, 6) is 0. The number of allylic oxidation sites excluding steroid dienone is 7. The SMILES string of the molecule is C1=CCC=C(Nc2cccnc2C2=CCNC=CC2)C=C1.CC. The molecule has 23 heavy (non-hydrogen) atoms. The Kier molecular flexibility index (Phi) is 6.92. The van der Waals surface area contributed by atoms with E-state index in [0.717, 1.165) is 36.5 Å². The maximum absolute atomic E-state index is 4.57. The fraction of sp³-hybridized carbons (Fsp3) is 0.250. The molecule has 0 spiro atoms. The third kappa shape index (κ3) is 4.99. The van der Waals surface area contributed by atoms with Crippen molar-refractivity contribution in [3.8, 4) is 0 Å². The van der Waals surface area contributed by atoms with Crippen LogP contribution in [0, 0.1) is 0 Å². The fourth-order valence-electron chi connectivity index (χ4n) is 2.39. The molecule has 2 aliphatic rings. The lowest BCUT2D eigenvalue weighted by Crippen LogP contribution is -2.04. The van der Waals surface area contributed by atoms with Gasteiger partial charge in [-0.3, -0.25) is 4.98 Å². The van der Waals surface area contributed by atoms with Crippen molar-refractivity contribution in [3.63, 3.8) is 0 Å². The Balaban J connectivity index is 0.000000924. The van der Waals surface area contributed by atoms with Gasteiger partial charge in [0.25, 0.3) is 0 Å². The Bertz CT molecular complexity index is 649. The van der Waals surface area contributed by atoms with Gasteiger partial charge >= 0.3 is 0 Å². The summed E-state index contributed by atoms with van der Waals surface area (Å²) in [6, 6.07) is 4.05. The van der Waals surface area contributed by atoms with E-state index in [-0.39, 0.29) is 0 Å². The highest BCUT2D eigenvalue weighted by Gasteiger charge is 2.09. The highest BCUT2D eigenvalue weighted by atomic mass is 14.9. The Labute approximate surface area is 139 Å². The number of nitrogens with one attached hydrogen (secondary N) is 2. The van der Waals surface area contributed by atoms with Gasteiger partial charge in [0.1, 0.15) is 0 Å². The fourth-order valence-corrected chi connectivity index (χ4v) is 2.39. The Morgan fingerprint density at radius 3 is 2.96 bits per heavy atom. The van der Waals surface area contributed by atoms with Crippen LogP contribution >= 0.6 is 0 Å². The summed E-state index contributed by atoms with van der Waals surface area (Å²) in [5.41, 5.74) is 4.43. The first-order valence-corrected chi connectivity index (χ1v) is 8.27. The zero-order chi connectivity index (χ0) is 16.3. The van der Waals surface area contributed by atoms with Crippen LogP contribution in [0.25, 0.3) is 5.57 Å². The van der Waals surface area contributed by atoms with Gasteiger partial charge < -0.3 is 10.6 Å². The molecular formula is C20H25N3. The molecule has 1 aliphatic heterocycles. The largest absolute Gasteiger partial charge is 0.388 e. The number of aromatic nitrogens is 1. The standard InChI is InChI=1S/C18H19N3.C2H6/c1-2-4-9-16(8-3-1)21-17-10-6-13-20-18(17)15-7-5-12-19-14-11-15;1-2/h1-3,5-6,8-13,19,21H,4,7,14H2;1-2H3. The lowest BCUT2D eigenvalue weighted by molar-refractivity contribution is 0.991. The quantitative estimate of drug-likeness (QED) is 0.841. The van der Waals surface area contributed by atoms with Crippen molar-refractivity contribution in [1.82, 2.24) is 10.3 Å². The molecule has 0 bridgehead atoms. The monoisotopic (exact) mass is 307 g/mol. The number of hydrogen-bond donors (Lipinski definition) is 2. The molecule has 120 valence electrons. The molecule has 2 heterocycles. The molecule has 3 heteroatoms. The average Bonchev–Trinajstić information content (AvgIpc) is 3.02. The van der Waals surface area contributed by atoms with Crippen molar-refractivity contribution < 1.29 is 0 Å². The van der Waals surface area contributed by atoms with Crippen LogP contribution < -0.4 is 10.6 Å². The van der Waals surface area contributed by atoms with E-state index in [0.29, 0.717) is 0 Å². The van der Waals surface area contributed by atoms with Crippen molar-refractivity contribution in [3.05, 3.63) is 78.5 Å². The van der Waals surface area contributed by atoms with Crippen LogP contribution in [0.3, 0.4) is 0 Å². The summed E-state index contributed by atoms with van der Waals surface area (Å²) in [6.45, 7) is 4.84. The minimum absolute atomic E-state index is 0.842. The van der Waals surface area contributed by atoms with Crippen LogP contribution in [0.5, 0.6) is 0 Å². The molecule has 0 saturated heterocycles. The smallest absolute Gasteiger partial charge is 0.0896 e. The molecule has 0 fully saturated rings. The zero-order valence-corrected chi connectivity index (χ0v) is 13.9. The van der Waals surface area contributed by atoms with E-state index in [1.165, 1.54) is 5.57 Å². The van der Waals surface area contributed by atoms with Crippen molar-refractivity contribution in [1.29, 1.82) is 0 Å². The molecule has 0 saturated carbocycles. The topological polar surface area (TPSA) is 37.0 Å². The second-order valence-corrected chi connectivity index (χ2v) is 4.95. The van der Waals surface area contributed by atoms with Gasteiger partial charge in [-0.25, -0.2) is 0 Å². The Hall–Kier alpha value is -2.55. The first-order valence-electron chi connectivity index (χ1n) is 8.27. The van der Waals surface area contributed by atoms with Crippen LogP contribution in [0.4, 0.5) is 5.69 Å². The molecular weight excluding hydrogens is 282 g/mol. The molecule has 0 unspecified atom stereocenters. The zero-order valence-electron chi connectivity index (χ0n) is 13.9. The molecule has 2 N–H and O–H groups in total. The molecule has 0 radical (unpaired) electrons. The van der Waals surface area contributed by atoms with E-state index in [4.69, 9.17) is 0 Å². The summed E-state index contributed by atoms with van der Waals surface area (Å²) in [7, 11) is 0. The highest BCUT2D eigenvalue weighted by molar-refractivity contribution is 5.75. The van der Waals surface area contributed by atoms with Gasteiger partial charge in [-0.15, -0.1) is 0 Å². The van der Waals surface area contributed by atoms with E-state index in [9.17, 15) is 0 Å². The van der Waals surface area contributed by atoms with Gasteiger partial charge in [-0.2, -0.15) is 0 Å². The molecule has 1 aromatic rings. The summed E-state index contributed by atoms with van der Waals surface area (Å²) < 4.78 is 0. The molecule has 3 rings (SSSR count). The molecule has 3 nitrogen and oxygen atoms in total. The van der Waals surface area contributed by atoms with Crippen LogP contribution in [-0.4, -0.2) is 11.5 Å². The molecule has 1 aliphatic carbocycles. The molecule has 0 amide bonds. The number of nitrogens with zero attached hydrogens (tertiary/aromatic N) is 1. The highest BCUT2D eigenvalue weighted by Crippen LogP contribution is 2.26. The Morgan fingerprint density at radius 2 is 2.04 bits per heavy atom. The van der Waals surface area contributed by atoms with Crippen LogP contribution in [-0.2, 0) is 0 Å². The van der Waals surface area contributed by atoms with E-state index < -0.39 is 0 Å². The predicted octanol–water partition coefficient (Wildman–Crippen LogP) is 4.81. The normalized spacial score (nSPS) is 16.1. The molecule has 1 aromatic heterocycles. The van der Waals surface area contributed by atoms with Crippen LogP contribution in [0.15, 0.2) is 72.8 Å². The maximum Gasteiger partial charge on any atom is 0.0896 e. The predicted molar refractivity (Wildman–Crippen MR) is 99.9 cm³/mol. The van der Waals surface area contributed by atoms with Crippen molar-refractivity contribution >= 4 is 11.3 Å². The van der Waals surface area contributed by atoms with E-state index in [1.807, 2.05) is 32.3 Å². The number of hydrogen-bond acceptors (Lipinski definition) is 3. The first-order chi connectivity index (χ1) is 11.4. The Morgan fingerprint density at radius 1 is 1.13 bits per heavy atom. The minimum Gasteiger partial charge on any atom is -0.388 e.